The second-order valence-electron chi connectivity index (χ2n) is 36.3. The van der Waals surface area contributed by atoms with E-state index < -0.39 is 84.3 Å². The van der Waals surface area contributed by atoms with Gasteiger partial charge in [-0.3, -0.25) is 61.1 Å². The molecule has 10 aliphatic heterocycles. The van der Waals surface area contributed by atoms with E-state index in [1.54, 1.807) is 115 Å². The molecule has 5 aromatic rings. The maximum atomic E-state index is 15.0. The number of thioether (sulfide) groups is 5. The molecule has 10 aliphatic rings. The number of methoxy groups -OCH3 is 5. The van der Waals surface area contributed by atoms with Crippen LogP contribution >= 0.6 is 58.8 Å². The largest absolute Gasteiger partial charge is 0.444 e. The van der Waals surface area contributed by atoms with E-state index in [1.807, 2.05) is 18.2 Å². The molecule has 5 saturated heterocycles. The molecular formula is C90H118F5N13O20S5. The topological polar surface area (TPSA) is 433 Å². The SMILES string of the molecule is COC[C@H]1C[C@]2(c3cc(N)ccc3F)N=C(NC(=O)OC(C)(C)C)SC[C@@H]2CO1.COC[C@H]1C[C@]2(c3cc([N+](=O)[O-])ccc3F)N=C(N)SC[C@@H]2CO1.COC[C@H]1C[C@]2(c3cc([N+](=O)[O-])ccc3F)N=C(NC(=O)OC(C)(C)C)SC[C@@H]2CO1.COC[C@H]1C[C@]2(c3ccccc3F)N=C(N)SC[C@@H]2CO1.COC[C@H]1C[C@]2(c3ccccc3F)N=C(NC(=O)OC(C)(C)C)SC[C@@H]2CO1. The first-order chi connectivity index (χ1) is 63.0. The smallest absolute Gasteiger partial charge is 0.413 e. The average Bonchev–Trinajstić information content (AvgIpc) is 0.748. The Hall–Kier alpha value is -8.54. The van der Waals surface area contributed by atoms with E-state index in [1.165, 1.54) is 102 Å². The number of ether oxygens (including phenoxy) is 13. The molecule has 0 unspecified atom stereocenters. The molecule has 0 radical (unpaired) electrons. The molecule has 0 saturated carbocycles. The molecule has 0 aromatic heterocycles. The van der Waals surface area contributed by atoms with Crippen LogP contribution in [0, 0.1) is 78.9 Å². The van der Waals surface area contributed by atoms with E-state index in [4.69, 9.17) is 93.8 Å². The van der Waals surface area contributed by atoms with Gasteiger partial charge in [0, 0.05) is 184 Å². The summed E-state index contributed by atoms with van der Waals surface area (Å²) in [6.07, 6.45) is -0.910. The summed E-state index contributed by atoms with van der Waals surface area (Å²) in [6.45, 7) is 19.9. The maximum Gasteiger partial charge on any atom is 0.413 e. The van der Waals surface area contributed by atoms with Crippen molar-refractivity contribution in [1.82, 2.24) is 16.0 Å². The number of benzene rings is 5. The fourth-order valence-electron chi connectivity index (χ4n) is 17.6. The number of nitrogens with two attached hydrogens (primary N) is 3. The summed E-state index contributed by atoms with van der Waals surface area (Å²) < 4.78 is 145. The summed E-state index contributed by atoms with van der Waals surface area (Å²) in [5, 5.41) is 32.5. The second kappa shape index (κ2) is 45.6. The first kappa shape index (κ1) is 105. The van der Waals surface area contributed by atoms with Gasteiger partial charge in [0.2, 0.25) is 0 Å². The van der Waals surface area contributed by atoms with E-state index in [0.717, 1.165) is 30.0 Å². The summed E-state index contributed by atoms with van der Waals surface area (Å²) in [5.41, 5.74) is 13.3. The lowest BCUT2D eigenvalue weighted by Crippen LogP contribution is -2.51. The van der Waals surface area contributed by atoms with Crippen LogP contribution in [0.4, 0.5) is 53.4 Å². The molecule has 43 heteroatoms. The lowest BCUT2D eigenvalue weighted by atomic mass is 9.73. The zero-order valence-corrected chi connectivity index (χ0v) is 80.8. The predicted molar refractivity (Wildman–Crippen MR) is 503 cm³/mol. The molecule has 15 rings (SSSR count). The Kier molecular flexibility index (Phi) is 36.0. The van der Waals surface area contributed by atoms with Crippen LogP contribution < -0.4 is 33.2 Å². The Balaban J connectivity index is 0.000000161. The fourth-order valence-corrected chi connectivity index (χ4v) is 22.9. The molecule has 15 atom stereocenters. The highest BCUT2D eigenvalue weighted by Gasteiger charge is 2.56. The van der Waals surface area contributed by atoms with Crippen molar-refractivity contribution in [2.24, 2.45) is 66.0 Å². The van der Waals surface area contributed by atoms with Gasteiger partial charge in [-0.2, -0.15) is 0 Å². The fraction of sp³-hybridized carbons (Fsp3) is 0.578. The Labute approximate surface area is 790 Å². The first-order valence-corrected chi connectivity index (χ1v) is 48.1. The lowest BCUT2D eigenvalue weighted by molar-refractivity contribution is -0.385. The standard InChI is InChI=1S/C20H26FN3O6S.C20H28FN3O4S.C20H27FN2O4S.C15H18FN3O4S.C15H19FN2O2S/c1-19(2,3)30-18(25)22-17-23-20(15-7-13(24(26)27)5-6-16(15)21)8-14(10-28-4)29-9-12(20)11-31-17;1-19(2,3)28-18(25)23-17-24-20(15-7-13(22)5-6-16(15)21)8-14(10-26-4)27-9-12(20)11-29-17;1-19(2,3)27-18(24)22-17-23-20(15-7-5-6-8-16(15)21)9-14(11-25-4)26-10-13(20)12-28-17;1-22-7-11-5-15(9(6-23-11)8-24-14(17)18-15)12-4-10(19(20)21)2-3-13(12)16;1-19-8-11-6-15(12-4-2-3-5-13(12)16)10(7-20-11)9-21-14(17)18-15/h5-7,12,14H,8-11H2,1-4H3,(H,22,23,25);5-7,12,14H,8-11,22H2,1-4H3,(H,23,24,25);5-8,13-14H,9-12H2,1-4H3,(H,22,23,24);2-4,9,11H,5-8H2,1H3,(H2,17,18);2-5,10-11H,6-9H2,1H3,(H2,17,18)/t2*12-,14+,20-;13-,14+,20-;9-,11+,15-;10-,11+,15-/m00000/s1. The molecule has 728 valence electrons. The van der Waals surface area contributed by atoms with Crippen molar-refractivity contribution in [3.8, 4) is 0 Å². The van der Waals surface area contributed by atoms with Gasteiger partial charge in [-0.25, -0.2) is 36.3 Å². The number of fused-ring (bicyclic) bond motifs is 5. The molecule has 0 spiro atoms. The van der Waals surface area contributed by atoms with Gasteiger partial charge in [-0.1, -0.05) is 95.2 Å². The summed E-state index contributed by atoms with van der Waals surface area (Å²) in [6, 6.07) is 25.0. The molecule has 9 N–H and O–H groups in total. The van der Waals surface area contributed by atoms with Crippen molar-refractivity contribution in [1.29, 1.82) is 0 Å². The number of rotatable bonds is 17. The van der Waals surface area contributed by atoms with Gasteiger partial charge in [0.25, 0.3) is 11.4 Å². The van der Waals surface area contributed by atoms with Crippen LogP contribution in [-0.4, -0.2) is 232 Å². The van der Waals surface area contributed by atoms with Crippen molar-refractivity contribution in [2.75, 3.05) is 136 Å². The minimum atomic E-state index is -1.15. The number of carbonyl (C=O) groups excluding carboxylic acids is 3. The van der Waals surface area contributed by atoms with Crippen LogP contribution in [0.2, 0.25) is 0 Å². The van der Waals surface area contributed by atoms with Gasteiger partial charge in [0.15, 0.2) is 25.8 Å². The second-order valence-corrected chi connectivity index (χ2v) is 41.4. The molecule has 0 bridgehead atoms. The van der Waals surface area contributed by atoms with E-state index in [9.17, 15) is 52.2 Å². The highest BCUT2D eigenvalue weighted by Crippen LogP contribution is 2.54. The minimum Gasteiger partial charge on any atom is -0.444 e. The number of anilines is 1. The van der Waals surface area contributed by atoms with Gasteiger partial charge in [0.05, 0.1) is 134 Å². The number of hydrogen-bond donors (Lipinski definition) is 6. The van der Waals surface area contributed by atoms with E-state index >= 15 is 4.39 Å². The Bertz CT molecular complexity index is 5100. The number of halogens is 5. The highest BCUT2D eigenvalue weighted by atomic mass is 32.2. The number of nitrogens with zero attached hydrogens (tertiary/aromatic N) is 7. The van der Waals surface area contributed by atoms with Gasteiger partial charge in [-0.15, -0.1) is 0 Å². The number of nitrogen functional groups attached to an aromatic ring is 1. The number of amidine groups is 5. The summed E-state index contributed by atoms with van der Waals surface area (Å²) in [4.78, 5) is 81.8. The predicted octanol–water partition coefficient (Wildman–Crippen LogP) is 14.8. The number of hydrogen-bond acceptors (Lipinski definition) is 33. The monoisotopic (exact) mass is 1960 g/mol. The van der Waals surface area contributed by atoms with Gasteiger partial charge in [0.1, 0.15) is 45.9 Å². The Morgan fingerprint density at radius 2 is 0.632 bits per heavy atom. The molecule has 133 heavy (non-hydrogen) atoms. The zero-order valence-electron chi connectivity index (χ0n) is 76.7. The molecular weight excluding hydrogens is 1840 g/mol. The van der Waals surface area contributed by atoms with Gasteiger partial charge < -0.3 is 78.8 Å². The van der Waals surface area contributed by atoms with Crippen LogP contribution in [-0.2, 0) is 89.3 Å². The van der Waals surface area contributed by atoms with Crippen molar-refractivity contribution in [2.45, 2.75) is 169 Å². The third kappa shape index (κ3) is 26.4. The third-order valence-corrected chi connectivity index (χ3v) is 28.4. The summed E-state index contributed by atoms with van der Waals surface area (Å²) >= 11 is 7.01. The minimum absolute atomic E-state index is 0.00769. The molecule has 5 aromatic carbocycles. The first-order valence-electron chi connectivity index (χ1n) is 43.1. The van der Waals surface area contributed by atoms with E-state index in [2.05, 4.69) is 25.9 Å². The van der Waals surface area contributed by atoms with Crippen LogP contribution in [0.25, 0.3) is 0 Å². The average molecular weight is 1960 g/mol. The van der Waals surface area contributed by atoms with Gasteiger partial charge >= 0.3 is 18.3 Å². The quantitative estimate of drug-likeness (QED) is 0.0165. The van der Waals surface area contributed by atoms with Crippen molar-refractivity contribution < 1.29 is 108 Å². The number of amides is 3. The number of nitro groups is 2. The van der Waals surface area contributed by atoms with Gasteiger partial charge in [-0.05, 0) is 105 Å². The summed E-state index contributed by atoms with van der Waals surface area (Å²) in [7, 11) is 7.94. The number of nitrogens with one attached hydrogen (secondary N) is 3. The number of non-ortho nitro benzene ring substituents is 2. The van der Waals surface area contributed by atoms with Crippen LogP contribution in [0.3, 0.4) is 0 Å². The van der Waals surface area contributed by atoms with Crippen molar-refractivity contribution >= 4 is 120 Å². The maximum absolute atomic E-state index is 15.0. The van der Waals surface area contributed by atoms with Crippen LogP contribution in [0.15, 0.2) is 128 Å². The van der Waals surface area contributed by atoms with Crippen LogP contribution in [0.5, 0.6) is 0 Å². The number of nitro benzene ring substituents is 2. The van der Waals surface area contributed by atoms with Crippen molar-refractivity contribution in [3.05, 3.63) is 180 Å². The molecule has 3 amide bonds. The van der Waals surface area contributed by atoms with Crippen LogP contribution in [0.1, 0.15) is 122 Å². The number of aliphatic imine (C=N–C) groups is 5. The normalized spacial score (nSPS) is 28.2. The Morgan fingerprint density at radius 3 is 0.910 bits per heavy atom. The molecule has 10 heterocycles. The highest BCUT2D eigenvalue weighted by molar-refractivity contribution is 8.15. The molecule has 5 fully saturated rings. The summed E-state index contributed by atoms with van der Waals surface area (Å²) in [5.74, 6) is 0.824. The van der Waals surface area contributed by atoms with E-state index in [-0.39, 0.29) is 125 Å². The molecule has 33 nitrogen and oxygen atoms in total. The number of alkyl carbamates (subject to hydrolysis) is 3. The lowest BCUT2D eigenvalue weighted by Gasteiger charge is -2.46. The third-order valence-electron chi connectivity index (χ3n) is 23.4. The van der Waals surface area contributed by atoms with Crippen molar-refractivity contribution in [3.63, 3.8) is 0 Å². The Morgan fingerprint density at radius 1 is 0.383 bits per heavy atom. The van der Waals surface area contributed by atoms with E-state index in [0.29, 0.717) is 145 Å². The zero-order chi connectivity index (χ0) is 96.6. The molecule has 0 aliphatic carbocycles. The number of carbonyl (C=O) groups is 3.